The van der Waals surface area contributed by atoms with E-state index in [-0.39, 0.29) is 12.6 Å². The minimum atomic E-state index is 0.133. The molecule has 0 radical (unpaired) electrons. The molecule has 1 aromatic rings. The number of hydrogen-bond acceptors (Lipinski definition) is 4. The largest absolute Gasteiger partial charge is 0.464 e. The molecule has 4 heteroatoms. The number of aliphatic hydroxyl groups is 1. The average Bonchev–Trinajstić information content (AvgIpc) is 2.67. The molecular formula is C12H21NO2S. The van der Waals surface area contributed by atoms with Crippen LogP contribution in [0.3, 0.4) is 0 Å². The van der Waals surface area contributed by atoms with E-state index in [0.29, 0.717) is 12.5 Å². The van der Waals surface area contributed by atoms with Gasteiger partial charge in [-0.2, -0.15) is 11.8 Å². The molecule has 0 aromatic carbocycles. The van der Waals surface area contributed by atoms with Gasteiger partial charge in [0.25, 0.3) is 0 Å². The number of furan rings is 1. The molecule has 0 aliphatic rings. The molecule has 0 fully saturated rings. The standard InChI is InChI=1S/C12H21NO2S/c1-9(2)12(7-14)13-6-10-4-5-11(15-10)8-16-3/h4-5,9,12-14H,6-8H2,1-3H3. The molecule has 92 valence electrons. The molecular weight excluding hydrogens is 222 g/mol. The van der Waals surface area contributed by atoms with Gasteiger partial charge in [-0.3, -0.25) is 0 Å². The van der Waals surface area contributed by atoms with Crippen molar-refractivity contribution in [3.05, 3.63) is 23.7 Å². The molecule has 16 heavy (non-hydrogen) atoms. The van der Waals surface area contributed by atoms with Gasteiger partial charge in [0, 0.05) is 6.04 Å². The van der Waals surface area contributed by atoms with Gasteiger partial charge >= 0.3 is 0 Å². The van der Waals surface area contributed by atoms with Crippen LogP contribution >= 0.6 is 11.8 Å². The van der Waals surface area contributed by atoms with Crippen molar-refractivity contribution in [1.82, 2.24) is 5.32 Å². The predicted octanol–water partition coefficient (Wildman–Crippen LogP) is 2.25. The van der Waals surface area contributed by atoms with Gasteiger partial charge in [-0.05, 0) is 24.3 Å². The highest BCUT2D eigenvalue weighted by Crippen LogP contribution is 2.13. The molecule has 1 rings (SSSR count). The number of aliphatic hydroxyl groups excluding tert-OH is 1. The van der Waals surface area contributed by atoms with Crippen LogP contribution in [0.4, 0.5) is 0 Å². The molecule has 2 N–H and O–H groups in total. The summed E-state index contributed by atoms with van der Waals surface area (Å²) in [6.07, 6.45) is 2.06. The lowest BCUT2D eigenvalue weighted by Gasteiger charge is -2.19. The summed E-state index contributed by atoms with van der Waals surface area (Å²) in [7, 11) is 0. The molecule has 0 saturated heterocycles. The highest BCUT2D eigenvalue weighted by molar-refractivity contribution is 7.97. The summed E-state index contributed by atoms with van der Waals surface area (Å²) in [4.78, 5) is 0. The molecule has 0 aliphatic heterocycles. The second-order valence-corrected chi connectivity index (χ2v) is 5.08. The van der Waals surface area contributed by atoms with E-state index in [0.717, 1.165) is 17.3 Å². The molecule has 1 atom stereocenters. The molecule has 0 spiro atoms. The molecule has 0 amide bonds. The lowest BCUT2D eigenvalue weighted by Crippen LogP contribution is -2.36. The fourth-order valence-corrected chi connectivity index (χ4v) is 1.92. The van der Waals surface area contributed by atoms with Crippen LogP contribution in [0.2, 0.25) is 0 Å². The van der Waals surface area contributed by atoms with E-state index >= 15 is 0 Å². The van der Waals surface area contributed by atoms with Crippen molar-refractivity contribution in [2.45, 2.75) is 32.2 Å². The van der Waals surface area contributed by atoms with Crippen molar-refractivity contribution < 1.29 is 9.52 Å². The number of thioether (sulfide) groups is 1. The first kappa shape index (κ1) is 13.6. The van der Waals surface area contributed by atoms with Crippen LogP contribution in [0.15, 0.2) is 16.5 Å². The fourth-order valence-electron chi connectivity index (χ4n) is 1.48. The van der Waals surface area contributed by atoms with Crippen molar-refractivity contribution in [3.8, 4) is 0 Å². The van der Waals surface area contributed by atoms with Crippen molar-refractivity contribution >= 4 is 11.8 Å². The van der Waals surface area contributed by atoms with Gasteiger partial charge < -0.3 is 14.8 Å². The van der Waals surface area contributed by atoms with Crippen molar-refractivity contribution in [1.29, 1.82) is 0 Å². The molecule has 0 bridgehead atoms. The summed E-state index contributed by atoms with van der Waals surface area (Å²) < 4.78 is 5.63. The average molecular weight is 243 g/mol. The highest BCUT2D eigenvalue weighted by Gasteiger charge is 2.11. The molecule has 3 nitrogen and oxygen atoms in total. The maximum atomic E-state index is 9.17. The Morgan fingerprint density at radius 2 is 2.06 bits per heavy atom. The Hall–Kier alpha value is -0.450. The molecule has 0 saturated carbocycles. The van der Waals surface area contributed by atoms with E-state index in [4.69, 9.17) is 9.52 Å². The third-order valence-electron chi connectivity index (χ3n) is 2.54. The van der Waals surface area contributed by atoms with E-state index in [1.165, 1.54) is 0 Å². The Kier molecular flexibility index (Phi) is 5.95. The van der Waals surface area contributed by atoms with Gasteiger partial charge in [0.1, 0.15) is 11.5 Å². The number of hydrogen-bond donors (Lipinski definition) is 2. The Bertz CT molecular complexity index is 299. The third kappa shape index (κ3) is 4.20. The van der Waals surface area contributed by atoms with Crippen molar-refractivity contribution in [2.75, 3.05) is 12.9 Å². The Balaban J connectivity index is 2.41. The van der Waals surface area contributed by atoms with Crippen LogP contribution in [0.1, 0.15) is 25.4 Å². The number of rotatable bonds is 7. The monoisotopic (exact) mass is 243 g/mol. The molecule has 0 aliphatic carbocycles. The smallest absolute Gasteiger partial charge is 0.118 e. The topological polar surface area (TPSA) is 45.4 Å². The Morgan fingerprint density at radius 3 is 2.62 bits per heavy atom. The minimum absolute atomic E-state index is 0.133. The minimum Gasteiger partial charge on any atom is -0.464 e. The van der Waals surface area contributed by atoms with Crippen LogP contribution in [-0.2, 0) is 12.3 Å². The third-order valence-corrected chi connectivity index (χ3v) is 3.12. The van der Waals surface area contributed by atoms with E-state index in [2.05, 4.69) is 25.4 Å². The van der Waals surface area contributed by atoms with Crippen LogP contribution in [-0.4, -0.2) is 24.0 Å². The zero-order valence-corrected chi connectivity index (χ0v) is 11.0. The van der Waals surface area contributed by atoms with Crippen LogP contribution in [0, 0.1) is 5.92 Å². The van der Waals surface area contributed by atoms with Crippen LogP contribution < -0.4 is 5.32 Å². The van der Waals surface area contributed by atoms with Crippen LogP contribution in [0.5, 0.6) is 0 Å². The maximum Gasteiger partial charge on any atom is 0.118 e. The quantitative estimate of drug-likeness (QED) is 0.771. The van der Waals surface area contributed by atoms with Gasteiger partial charge in [0.05, 0.1) is 18.9 Å². The Labute approximate surface area is 102 Å². The van der Waals surface area contributed by atoms with Gasteiger partial charge in [-0.1, -0.05) is 13.8 Å². The Morgan fingerprint density at radius 1 is 1.38 bits per heavy atom. The van der Waals surface area contributed by atoms with E-state index in [9.17, 15) is 0 Å². The summed E-state index contributed by atoms with van der Waals surface area (Å²) in [6.45, 7) is 5.03. The zero-order valence-electron chi connectivity index (χ0n) is 10.2. The normalized spacial score (nSPS) is 13.3. The summed E-state index contributed by atoms with van der Waals surface area (Å²) in [5.41, 5.74) is 0. The van der Waals surface area contributed by atoms with Crippen LogP contribution in [0.25, 0.3) is 0 Å². The second kappa shape index (κ2) is 6.99. The molecule has 1 aromatic heterocycles. The molecule has 1 heterocycles. The molecule has 1 unspecified atom stereocenters. The van der Waals surface area contributed by atoms with E-state index in [1.807, 2.05) is 12.1 Å². The summed E-state index contributed by atoms with van der Waals surface area (Å²) in [6, 6.07) is 4.14. The lowest BCUT2D eigenvalue weighted by atomic mass is 10.1. The fraction of sp³-hybridized carbons (Fsp3) is 0.667. The maximum absolute atomic E-state index is 9.17. The van der Waals surface area contributed by atoms with Crippen molar-refractivity contribution in [2.24, 2.45) is 5.92 Å². The predicted molar refractivity (Wildman–Crippen MR) is 68.5 cm³/mol. The summed E-state index contributed by atoms with van der Waals surface area (Å²) in [5, 5.41) is 12.5. The van der Waals surface area contributed by atoms with Gasteiger partial charge in [-0.25, -0.2) is 0 Å². The first-order valence-electron chi connectivity index (χ1n) is 5.58. The zero-order chi connectivity index (χ0) is 12.0. The SMILES string of the molecule is CSCc1ccc(CNC(CO)C(C)C)o1. The second-order valence-electron chi connectivity index (χ2n) is 4.22. The summed E-state index contributed by atoms with van der Waals surface area (Å²) in [5.74, 6) is 3.27. The van der Waals surface area contributed by atoms with E-state index < -0.39 is 0 Å². The first-order chi connectivity index (χ1) is 7.67. The van der Waals surface area contributed by atoms with E-state index in [1.54, 1.807) is 11.8 Å². The van der Waals surface area contributed by atoms with Gasteiger partial charge in [0.2, 0.25) is 0 Å². The van der Waals surface area contributed by atoms with Gasteiger partial charge in [0.15, 0.2) is 0 Å². The number of nitrogens with one attached hydrogen (secondary N) is 1. The van der Waals surface area contributed by atoms with Crippen molar-refractivity contribution in [3.63, 3.8) is 0 Å². The summed E-state index contributed by atoms with van der Waals surface area (Å²) >= 11 is 1.75. The first-order valence-corrected chi connectivity index (χ1v) is 6.97. The van der Waals surface area contributed by atoms with Gasteiger partial charge in [-0.15, -0.1) is 0 Å². The highest BCUT2D eigenvalue weighted by atomic mass is 32.2. The lowest BCUT2D eigenvalue weighted by molar-refractivity contribution is 0.207.